The fourth-order valence-corrected chi connectivity index (χ4v) is 3.88. The highest BCUT2D eigenvalue weighted by Crippen LogP contribution is 2.40. The summed E-state index contributed by atoms with van der Waals surface area (Å²) in [6.07, 6.45) is 1.90. The molecule has 3 rings (SSSR count). The fourth-order valence-electron chi connectivity index (χ4n) is 3.65. The van der Waals surface area contributed by atoms with Gasteiger partial charge in [-0.05, 0) is 24.6 Å². The number of morpholine rings is 1. The van der Waals surface area contributed by atoms with Gasteiger partial charge >= 0.3 is 0 Å². The van der Waals surface area contributed by atoms with Crippen LogP contribution in [0.25, 0.3) is 0 Å². The van der Waals surface area contributed by atoms with Crippen LogP contribution in [0.5, 0.6) is 0 Å². The lowest BCUT2D eigenvalue weighted by atomic mass is 9.71. The van der Waals surface area contributed by atoms with E-state index in [-0.39, 0.29) is 41.8 Å². The van der Waals surface area contributed by atoms with Gasteiger partial charge in [0, 0.05) is 12.0 Å². The second kappa shape index (κ2) is 6.32. The molecule has 1 amide bonds. The number of hydrogen-bond donors (Lipinski definition) is 1. The highest BCUT2D eigenvalue weighted by atomic mass is 35.5. The Bertz CT molecular complexity index is 825. The summed E-state index contributed by atoms with van der Waals surface area (Å²) in [6.45, 7) is 4.16. The van der Waals surface area contributed by atoms with E-state index in [2.05, 4.69) is 0 Å². The number of halogens is 3. The Morgan fingerprint density at radius 1 is 1.31 bits per heavy atom. The number of rotatable bonds is 1. The number of carbonyl (C=O) groups is 2. The van der Waals surface area contributed by atoms with Crippen LogP contribution in [0.15, 0.2) is 23.9 Å². The first kappa shape index (κ1) is 18.8. The van der Waals surface area contributed by atoms with Gasteiger partial charge in [0.1, 0.15) is 5.60 Å². The number of hydrogen-bond acceptors (Lipinski definition) is 4. The highest BCUT2D eigenvalue weighted by molar-refractivity contribution is 6.33. The zero-order chi connectivity index (χ0) is 19.3. The van der Waals surface area contributed by atoms with Gasteiger partial charge in [0.05, 0.1) is 29.4 Å². The van der Waals surface area contributed by atoms with E-state index in [1.807, 2.05) is 0 Å². The number of benzene rings is 1. The third-order valence-corrected chi connectivity index (χ3v) is 5.09. The molecular formula is C18H19ClF2N2O3. The average molecular weight is 385 g/mol. The highest BCUT2D eigenvalue weighted by Gasteiger charge is 2.48. The van der Waals surface area contributed by atoms with Crippen LogP contribution in [-0.4, -0.2) is 41.9 Å². The Morgan fingerprint density at radius 3 is 2.62 bits per heavy atom. The van der Waals surface area contributed by atoms with E-state index in [4.69, 9.17) is 22.1 Å². The molecule has 1 fully saturated rings. The van der Waals surface area contributed by atoms with Gasteiger partial charge in [-0.1, -0.05) is 25.4 Å². The van der Waals surface area contributed by atoms with Crippen molar-refractivity contribution in [3.63, 3.8) is 0 Å². The molecule has 1 atom stereocenters. The number of nitrogens with two attached hydrogens (primary N) is 1. The molecule has 0 radical (unpaired) electrons. The van der Waals surface area contributed by atoms with Gasteiger partial charge in [0.25, 0.3) is 5.91 Å². The lowest BCUT2D eigenvalue weighted by molar-refractivity contribution is -0.135. The molecule has 1 aromatic carbocycles. The smallest absolute Gasteiger partial charge is 0.255 e. The average Bonchev–Trinajstić information content (AvgIpc) is 2.55. The van der Waals surface area contributed by atoms with E-state index in [0.29, 0.717) is 6.42 Å². The topological polar surface area (TPSA) is 72.6 Å². The number of allylic oxidation sites excluding steroid dienone is 1. The molecule has 5 nitrogen and oxygen atoms in total. The molecule has 0 aromatic heterocycles. The van der Waals surface area contributed by atoms with E-state index in [1.54, 1.807) is 19.9 Å². The van der Waals surface area contributed by atoms with Gasteiger partial charge in [0.2, 0.25) is 0 Å². The fraction of sp³-hybridized carbons (Fsp3) is 0.444. The van der Waals surface area contributed by atoms with Gasteiger partial charge < -0.3 is 15.4 Å². The molecule has 1 aliphatic carbocycles. The van der Waals surface area contributed by atoms with Gasteiger partial charge in [-0.15, -0.1) is 0 Å². The predicted octanol–water partition coefficient (Wildman–Crippen LogP) is 2.67. The van der Waals surface area contributed by atoms with Crippen LogP contribution < -0.4 is 5.73 Å². The quantitative estimate of drug-likeness (QED) is 0.755. The normalized spacial score (nSPS) is 25.3. The minimum Gasteiger partial charge on any atom is -0.396 e. The lowest BCUT2D eigenvalue weighted by Gasteiger charge is -2.46. The second-order valence-corrected chi connectivity index (χ2v) is 7.78. The zero-order valence-corrected chi connectivity index (χ0v) is 15.2. The molecule has 1 aromatic rings. The van der Waals surface area contributed by atoms with Gasteiger partial charge in [0.15, 0.2) is 17.4 Å². The molecule has 0 saturated carbocycles. The summed E-state index contributed by atoms with van der Waals surface area (Å²) in [7, 11) is 0. The van der Waals surface area contributed by atoms with Crippen molar-refractivity contribution in [2.24, 2.45) is 11.1 Å². The van der Waals surface area contributed by atoms with Crippen molar-refractivity contribution in [3.8, 4) is 0 Å². The number of ether oxygens (including phenoxy) is 1. The molecule has 140 valence electrons. The number of Topliss-reactive ketones (excluding diaryl/α,β-unsaturated/α-hetero) is 1. The maximum absolute atomic E-state index is 13.5. The summed E-state index contributed by atoms with van der Waals surface area (Å²) in [5, 5.41) is -0.163. The number of nitrogens with zero attached hydrogens (tertiary/aromatic N) is 1. The van der Waals surface area contributed by atoms with E-state index in [9.17, 15) is 18.4 Å². The summed E-state index contributed by atoms with van der Waals surface area (Å²) in [5.74, 6) is -2.96. The van der Waals surface area contributed by atoms with Crippen molar-refractivity contribution in [1.82, 2.24) is 4.90 Å². The Labute approximate surface area is 154 Å². The standard InChI is InChI=1S/C18H19ClF2N2O3/c1-17(2)8-18(7-14(22)15(17)24)9-23(3-4-26-18)16(25)10-5-12(20)13(21)6-11(10)19/h5-7H,3-4,8-9,22H2,1-2H3. The third-order valence-electron chi connectivity index (χ3n) is 4.77. The Balaban J connectivity index is 1.91. The van der Waals surface area contributed by atoms with E-state index >= 15 is 0 Å². The zero-order valence-electron chi connectivity index (χ0n) is 14.4. The molecule has 1 saturated heterocycles. The molecule has 26 heavy (non-hydrogen) atoms. The van der Waals surface area contributed by atoms with Crippen LogP contribution in [0.2, 0.25) is 5.02 Å². The first-order chi connectivity index (χ1) is 12.0. The Morgan fingerprint density at radius 2 is 1.96 bits per heavy atom. The molecular weight excluding hydrogens is 366 g/mol. The summed E-state index contributed by atoms with van der Waals surface area (Å²) < 4.78 is 32.7. The van der Waals surface area contributed by atoms with Crippen LogP contribution in [0.3, 0.4) is 0 Å². The molecule has 1 spiro atoms. The van der Waals surface area contributed by atoms with Crippen molar-refractivity contribution >= 4 is 23.3 Å². The second-order valence-electron chi connectivity index (χ2n) is 7.38. The molecule has 1 aliphatic heterocycles. The third kappa shape index (κ3) is 3.21. The summed E-state index contributed by atoms with van der Waals surface area (Å²) in [5.41, 5.74) is 4.21. The molecule has 1 heterocycles. The van der Waals surface area contributed by atoms with E-state index in [0.717, 1.165) is 12.1 Å². The predicted molar refractivity (Wildman–Crippen MR) is 91.6 cm³/mol. The number of ketones is 1. The van der Waals surface area contributed by atoms with Crippen LogP contribution >= 0.6 is 11.6 Å². The molecule has 0 bridgehead atoms. The maximum atomic E-state index is 13.5. The first-order valence-electron chi connectivity index (χ1n) is 8.16. The largest absolute Gasteiger partial charge is 0.396 e. The van der Waals surface area contributed by atoms with Crippen molar-refractivity contribution in [1.29, 1.82) is 0 Å². The van der Waals surface area contributed by atoms with E-state index in [1.165, 1.54) is 4.90 Å². The van der Waals surface area contributed by atoms with Crippen LogP contribution in [-0.2, 0) is 9.53 Å². The van der Waals surface area contributed by atoms with Crippen molar-refractivity contribution in [2.45, 2.75) is 25.9 Å². The molecule has 2 N–H and O–H groups in total. The summed E-state index contributed by atoms with van der Waals surface area (Å²) in [6, 6.07) is 1.57. The van der Waals surface area contributed by atoms with Crippen molar-refractivity contribution in [3.05, 3.63) is 46.1 Å². The van der Waals surface area contributed by atoms with Crippen LogP contribution in [0.4, 0.5) is 8.78 Å². The van der Waals surface area contributed by atoms with Gasteiger partial charge in [-0.2, -0.15) is 0 Å². The van der Waals surface area contributed by atoms with Crippen LogP contribution in [0.1, 0.15) is 30.6 Å². The number of carbonyl (C=O) groups excluding carboxylic acids is 2. The Hall–Kier alpha value is -1.99. The van der Waals surface area contributed by atoms with E-state index < -0.39 is 28.6 Å². The minimum atomic E-state index is -1.14. The minimum absolute atomic E-state index is 0.0985. The van der Waals surface area contributed by atoms with Crippen molar-refractivity contribution in [2.75, 3.05) is 19.7 Å². The van der Waals surface area contributed by atoms with Gasteiger partial charge in [-0.3, -0.25) is 9.59 Å². The Kier molecular flexibility index (Phi) is 4.56. The SMILES string of the molecule is CC1(C)CC2(C=C(N)C1=O)CN(C(=O)c1cc(F)c(F)cc1Cl)CCO2. The summed E-state index contributed by atoms with van der Waals surface area (Å²) in [4.78, 5) is 26.5. The molecule has 8 heteroatoms. The van der Waals surface area contributed by atoms with Crippen LogP contribution in [0, 0.1) is 17.0 Å². The van der Waals surface area contributed by atoms with Crippen molar-refractivity contribution < 1.29 is 23.1 Å². The number of amides is 1. The maximum Gasteiger partial charge on any atom is 0.255 e. The lowest BCUT2D eigenvalue weighted by Crippen LogP contribution is -2.57. The first-order valence-corrected chi connectivity index (χ1v) is 8.53. The molecule has 1 unspecified atom stereocenters. The molecule has 2 aliphatic rings. The monoisotopic (exact) mass is 384 g/mol. The summed E-state index contributed by atoms with van der Waals surface area (Å²) >= 11 is 5.92. The van der Waals surface area contributed by atoms with Gasteiger partial charge in [-0.25, -0.2) is 8.78 Å².